The van der Waals surface area contributed by atoms with Gasteiger partial charge < -0.3 is 14.9 Å². The molecule has 0 bridgehead atoms. The first-order valence-electron chi connectivity index (χ1n) is 10.3. The second-order valence-corrected chi connectivity index (χ2v) is 8.54. The van der Waals surface area contributed by atoms with Crippen LogP contribution in [-0.2, 0) is 19.8 Å². The minimum absolute atomic E-state index is 0.00620. The summed E-state index contributed by atoms with van der Waals surface area (Å²) in [5.74, 6) is -0.696. The maximum absolute atomic E-state index is 13.6. The summed E-state index contributed by atoms with van der Waals surface area (Å²) in [7, 11) is 3.79. The Balaban J connectivity index is 1.93. The number of rotatable bonds is 6. The Labute approximate surface area is 172 Å². The molecule has 2 saturated heterocycles. The van der Waals surface area contributed by atoms with Crippen molar-refractivity contribution >= 4 is 17.7 Å². The third-order valence-corrected chi connectivity index (χ3v) is 6.04. The maximum atomic E-state index is 13.6. The molecule has 2 fully saturated rings. The Morgan fingerprint density at radius 3 is 2.66 bits per heavy atom. The van der Waals surface area contributed by atoms with E-state index in [9.17, 15) is 19.5 Å². The summed E-state index contributed by atoms with van der Waals surface area (Å²) >= 11 is 0. The van der Waals surface area contributed by atoms with Crippen LogP contribution in [0.3, 0.4) is 0 Å². The molecule has 0 spiro atoms. The van der Waals surface area contributed by atoms with Gasteiger partial charge in [0.05, 0.1) is 11.5 Å². The number of likely N-dealkylation sites (N-methyl/N-ethyl adjacent to an activating group) is 1. The van der Waals surface area contributed by atoms with E-state index < -0.39 is 11.5 Å². The first-order valence-corrected chi connectivity index (χ1v) is 10.3. The zero-order chi connectivity index (χ0) is 21.2. The fourth-order valence-electron chi connectivity index (χ4n) is 4.43. The Morgan fingerprint density at radius 2 is 2.00 bits per heavy atom. The van der Waals surface area contributed by atoms with Gasteiger partial charge in [-0.3, -0.25) is 19.3 Å². The van der Waals surface area contributed by atoms with E-state index in [1.807, 2.05) is 50.2 Å². The summed E-state index contributed by atoms with van der Waals surface area (Å²) in [5.41, 5.74) is 0.472. The van der Waals surface area contributed by atoms with Crippen LogP contribution in [0.1, 0.15) is 36.8 Å². The number of imide groups is 1. The maximum Gasteiger partial charge on any atom is 0.240 e. The third-order valence-electron chi connectivity index (χ3n) is 6.04. The van der Waals surface area contributed by atoms with Crippen molar-refractivity contribution in [2.75, 3.05) is 40.3 Å². The normalized spacial score (nSPS) is 25.2. The highest BCUT2D eigenvalue weighted by Crippen LogP contribution is 2.41. The molecule has 7 nitrogen and oxygen atoms in total. The minimum Gasteiger partial charge on any atom is -0.391 e. The van der Waals surface area contributed by atoms with Crippen LogP contribution in [0.5, 0.6) is 0 Å². The molecule has 1 N–H and O–H groups in total. The molecule has 2 aliphatic rings. The van der Waals surface area contributed by atoms with Gasteiger partial charge in [0.15, 0.2) is 0 Å². The van der Waals surface area contributed by atoms with Gasteiger partial charge in [0.25, 0.3) is 0 Å². The lowest BCUT2D eigenvalue weighted by atomic mass is 9.73. The van der Waals surface area contributed by atoms with E-state index in [2.05, 4.69) is 0 Å². The first-order chi connectivity index (χ1) is 13.7. The zero-order valence-electron chi connectivity index (χ0n) is 17.6. The van der Waals surface area contributed by atoms with Crippen LogP contribution < -0.4 is 0 Å². The van der Waals surface area contributed by atoms with Crippen molar-refractivity contribution in [3.05, 3.63) is 35.4 Å². The molecule has 158 valence electrons. The quantitative estimate of drug-likeness (QED) is 0.717. The molecule has 7 heteroatoms. The van der Waals surface area contributed by atoms with Crippen molar-refractivity contribution in [3.63, 3.8) is 0 Å². The number of aliphatic hydroxyl groups is 1. The highest BCUT2D eigenvalue weighted by molar-refractivity contribution is 6.11. The standard InChI is InChI=1S/C22H31N3O4/c1-16-7-4-5-9-18(16)22(13-19(27)24-10-6-8-17(26)15-24)14-20(28)25(21(22)29)12-11-23(2)3/h4-5,7,9,17,26H,6,8,10-15H2,1-3H3/t17-,22+/m1/s1. The predicted molar refractivity (Wildman–Crippen MR) is 109 cm³/mol. The highest BCUT2D eigenvalue weighted by atomic mass is 16.3. The highest BCUT2D eigenvalue weighted by Gasteiger charge is 2.54. The number of aryl methyl sites for hydroxylation is 1. The predicted octanol–water partition coefficient (Wildman–Crippen LogP) is 0.927. The molecule has 2 heterocycles. The van der Waals surface area contributed by atoms with Gasteiger partial charge in [0.1, 0.15) is 0 Å². The lowest BCUT2D eigenvalue weighted by Crippen LogP contribution is -2.47. The molecule has 2 aliphatic heterocycles. The number of hydrogen-bond acceptors (Lipinski definition) is 5. The number of amides is 3. The molecule has 2 atom stereocenters. The van der Waals surface area contributed by atoms with Gasteiger partial charge in [-0.1, -0.05) is 24.3 Å². The van der Waals surface area contributed by atoms with Crippen molar-refractivity contribution in [2.24, 2.45) is 0 Å². The molecule has 1 aromatic rings. The van der Waals surface area contributed by atoms with Crippen LogP contribution in [0.15, 0.2) is 24.3 Å². The van der Waals surface area contributed by atoms with Crippen molar-refractivity contribution in [1.82, 2.24) is 14.7 Å². The van der Waals surface area contributed by atoms with Crippen molar-refractivity contribution in [2.45, 2.75) is 44.1 Å². The van der Waals surface area contributed by atoms with E-state index >= 15 is 0 Å². The molecular weight excluding hydrogens is 370 g/mol. The van der Waals surface area contributed by atoms with Gasteiger partial charge in [-0.05, 0) is 45.0 Å². The lowest BCUT2D eigenvalue weighted by molar-refractivity contribution is -0.143. The number of nitrogens with zero attached hydrogens (tertiary/aromatic N) is 3. The van der Waals surface area contributed by atoms with E-state index in [1.54, 1.807) is 4.90 Å². The zero-order valence-corrected chi connectivity index (χ0v) is 17.6. The van der Waals surface area contributed by atoms with Gasteiger partial charge in [0, 0.05) is 39.0 Å². The van der Waals surface area contributed by atoms with E-state index in [1.165, 1.54) is 4.90 Å². The SMILES string of the molecule is Cc1ccccc1[C@]1(CC(=O)N2CCC[C@@H](O)C2)CC(=O)N(CCN(C)C)C1=O. The number of carbonyl (C=O) groups excluding carboxylic acids is 3. The van der Waals surface area contributed by atoms with Crippen LogP contribution in [0, 0.1) is 6.92 Å². The summed E-state index contributed by atoms with van der Waals surface area (Å²) in [6.07, 6.45) is 0.855. The molecule has 0 aromatic heterocycles. The third kappa shape index (κ3) is 4.36. The van der Waals surface area contributed by atoms with Gasteiger partial charge in [-0.15, -0.1) is 0 Å². The van der Waals surface area contributed by atoms with Crippen LogP contribution in [-0.4, -0.2) is 83.9 Å². The van der Waals surface area contributed by atoms with Gasteiger partial charge in [-0.25, -0.2) is 0 Å². The van der Waals surface area contributed by atoms with Crippen LogP contribution in [0.4, 0.5) is 0 Å². The molecule has 29 heavy (non-hydrogen) atoms. The summed E-state index contributed by atoms with van der Waals surface area (Å²) in [5, 5.41) is 9.94. The number of likely N-dealkylation sites (tertiary alicyclic amines) is 2. The smallest absolute Gasteiger partial charge is 0.240 e. The van der Waals surface area contributed by atoms with Crippen LogP contribution in [0.25, 0.3) is 0 Å². The van der Waals surface area contributed by atoms with E-state index in [4.69, 9.17) is 0 Å². The van der Waals surface area contributed by atoms with Gasteiger partial charge in [-0.2, -0.15) is 0 Å². The number of carbonyl (C=O) groups is 3. The van der Waals surface area contributed by atoms with Crippen molar-refractivity contribution < 1.29 is 19.5 Å². The Kier molecular flexibility index (Phi) is 6.39. The Bertz CT molecular complexity index is 794. The van der Waals surface area contributed by atoms with E-state index in [0.717, 1.165) is 17.5 Å². The van der Waals surface area contributed by atoms with Gasteiger partial charge in [0.2, 0.25) is 17.7 Å². The topological polar surface area (TPSA) is 81.2 Å². The van der Waals surface area contributed by atoms with E-state index in [0.29, 0.717) is 26.1 Å². The summed E-state index contributed by atoms with van der Waals surface area (Å²) < 4.78 is 0. The fourth-order valence-corrected chi connectivity index (χ4v) is 4.43. The molecule has 3 amide bonds. The average Bonchev–Trinajstić information content (AvgIpc) is 2.90. The second-order valence-electron chi connectivity index (χ2n) is 8.54. The largest absolute Gasteiger partial charge is 0.391 e. The second kappa shape index (κ2) is 8.63. The number of β-amino-alcohol motifs (C(OH)–C–C–N with tert-alkyl or cyclic N) is 1. The summed E-state index contributed by atoms with van der Waals surface area (Å²) in [4.78, 5) is 44.4. The van der Waals surface area contributed by atoms with Crippen molar-refractivity contribution in [3.8, 4) is 0 Å². The molecular formula is C22H31N3O4. The molecule has 0 saturated carbocycles. The van der Waals surface area contributed by atoms with Crippen molar-refractivity contribution in [1.29, 1.82) is 0 Å². The van der Waals surface area contributed by atoms with Crippen LogP contribution >= 0.6 is 0 Å². The van der Waals surface area contributed by atoms with Gasteiger partial charge >= 0.3 is 0 Å². The Hall–Kier alpha value is -2.25. The Morgan fingerprint density at radius 1 is 1.28 bits per heavy atom. The molecule has 3 rings (SSSR count). The molecule has 0 aliphatic carbocycles. The minimum atomic E-state index is -1.17. The number of piperidine rings is 1. The fraction of sp³-hybridized carbons (Fsp3) is 0.591. The lowest BCUT2D eigenvalue weighted by Gasteiger charge is -2.34. The first kappa shape index (κ1) is 21.5. The van der Waals surface area contributed by atoms with Crippen LogP contribution in [0.2, 0.25) is 0 Å². The number of aliphatic hydroxyl groups excluding tert-OH is 1. The summed E-state index contributed by atoms with van der Waals surface area (Å²) in [6.45, 7) is 3.66. The summed E-state index contributed by atoms with van der Waals surface area (Å²) in [6, 6.07) is 7.50. The average molecular weight is 402 g/mol. The molecule has 1 aromatic carbocycles. The van der Waals surface area contributed by atoms with E-state index in [-0.39, 0.29) is 37.1 Å². The monoisotopic (exact) mass is 401 g/mol. The number of benzene rings is 1. The molecule has 0 radical (unpaired) electrons. The molecule has 0 unspecified atom stereocenters. The number of hydrogen-bond donors (Lipinski definition) is 1.